The summed E-state index contributed by atoms with van der Waals surface area (Å²) in [6, 6.07) is 9.28. The maximum absolute atomic E-state index is 12.0. The van der Waals surface area contributed by atoms with Crippen molar-refractivity contribution in [3.05, 3.63) is 52.5 Å². The van der Waals surface area contributed by atoms with Crippen molar-refractivity contribution in [2.45, 2.75) is 0 Å². The van der Waals surface area contributed by atoms with E-state index in [9.17, 15) is 9.90 Å². The van der Waals surface area contributed by atoms with Crippen molar-refractivity contribution >= 4 is 23.7 Å². The number of carbonyl (C=O) groups excluding carboxylic acids is 1. The molecule has 0 aliphatic heterocycles. The molecule has 2 aromatic carbocycles. The molecule has 0 radical (unpaired) electrons. The zero-order valence-corrected chi connectivity index (χ0v) is 13.3. The number of aromatic hydroxyl groups is 1. The molecular formula is C16H15ClN2O4. The topological polar surface area (TPSA) is 80.2 Å². The Morgan fingerprint density at radius 3 is 2.61 bits per heavy atom. The Morgan fingerprint density at radius 1 is 1.17 bits per heavy atom. The van der Waals surface area contributed by atoms with Crippen molar-refractivity contribution < 1.29 is 19.4 Å². The number of phenolic OH excluding ortho intramolecular Hbond substituents is 1. The lowest BCUT2D eigenvalue weighted by molar-refractivity contribution is 0.0954. The number of phenols is 1. The fourth-order valence-electron chi connectivity index (χ4n) is 1.83. The minimum Gasteiger partial charge on any atom is -0.507 e. The van der Waals surface area contributed by atoms with Gasteiger partial charge in [0.1, 0.15) is 5.75 Å². The van der Waals surface area contributed by atoms with E-state index in [-0.39, 0.29) is 5.75 Å². The summed E-state index contributed by atoms with van der Waals surface area (Å²) in [6.07, 6.45) is 1.31. The van der Waals surface area contributed by atoms with Gasteiger partial charge in [-0.15, -0.1) is 0 Å². The minimum absolute atomic E-state index is 0.0125. The molecule has 0 atom stereocenters. The number of methoxy groups -OCH3 is 2. The first-order chi connectivity index (χ1) is 11.0. The van der Waals surface area contributed by atoms with Crippen molar-refractivity contribution in [2.75, 3.05) is 14.2 Å². The van der Waals surface area contributed by atoms with Crippen LogP contribution in [0.1, 0.15) is 15.9 Å². The van der Waals surface area contributed by atoms with Crippen LogP contribution in [0.3, 0.4) is 0 Å². The smallest absolute Gasteiger partial charge is 0.271 e. The molecule has 6 nitrogen and oxygen atoms in total. The number of rotatable bonds is 5. The van der Waals surface area contributed by atoms with Gasteiger partial charge in [0.2, 0.25) is 0 Å². The van der Waals surface area contributed by atoms with Crippen LogP contribution >= 0.6 is 11.6 Å². The lowest BCUT2D eigenvalue weighted by Gasteiger charge is -2.08. The number of benzene rings is 2. The number of hydrazone groups is 1. The van der Waals surface area contributed by atoms with E-state index in [4.69, 9.17) is 21.1 Å². The maximum atomic E-state index is 12.0. The Morgan fingerprint density at radius 2 is 1.91 bits per heavy atom. The quantitative estimate of drug-likeness (QED) is 0.651. The minimum atomic E-state index is -0.427. The van der Waals surface area contributed by atoms with Crippen LogP contribution in [0.4, 0.5) is 0 Å². The highest BCUT2D eigenvalue weighted by molar-refractivity contribution is 6.30. The van der Waals surface area contributed by atoms with E-state index in [1.165, 1.54) is 32.6 Å². The van der Waals surface area contributed by atoms with Crippen LogP contribution in [0.5, 0.6) is 17.2 Å². The average Bonchev–Trinajstić information content (AvgIpc) is 2.57. The lowest BCUT2D eigenvalue weighted by atomic mass is 10.2. The third kappa shape index (κ3) is 4.14. The summed E-state index contributed by atoms with van der Waals surface area (Å²) in [5.74, 6) is 0.551. The van der Waals surface area contributed by atoms with Gasteiger partial charge in [-0.1, -0.05) is 11.6 Å². The predicted molar refractivity (Wildman–Crippen MR) is 87.7 cm³/mol. The zero-order valence-electron chi connectivity index (χ0n) is 12.5. The molecule has 0 fully saturated rings. The van der Waals surface area contributed by atoms with Gasteiger partial charge in [0.25, 0.3) is 5.91 Å². The summed E-state index contributed by atoms with van der Waals surface area (Å²) >= 11 is 5.83. The van der Waals surface area contributed by atoms with Crippen molar-refractivity contribution in [3.8, 4) is 17.2 Å². The Hall–Kier alpha value is -2.73. The second kappa shape index (κ2) is 7.51. The van der Waals surface area contributed by atoms with Crippen LogP contribution in [0.2, 0.25) is 5.02 Å². The van der Waals surface area contributed by atoms with Crippen molar-refractivity contribution in [1.29, 1.82) is 0 Å². The van der Waals surface area contributed by atoms with Crippen molar-refractivity contribution in [1.82, 2.24) is 5.43 Å². The van der Waals surface area contributed by atoms with Crippen LogP contribution in [0.15, 0.2) is 41.5 Å². The summed E-state index contributed by atoms with van der Waals surface area (Å²) in [5, 5.41) is 13.9. The van der Waals surface area contributed by atoms with E-state index in [1.54, 1.807) is 24.3 Å². The number of nitrogens with one attached hydrogen (secondary N) is 1. The highest BCUT2D eigenvalue weighted by atomic mass is 35.5. The van der Waals surface area contributed by atoms with E-state index in [2.05, 4.69) is 10.5 Å². The summed E-state index contributed by atoms with van der Waals surface area (Å²) in [4.78, 5) is 12.0. The fourth-order valence-corrected chi connectivity index (χ4v) is 2.01. The standard InChI is InChI=1S/C16H15ClN2O4/c1-22-14-6-3-10(8-15(14)23-2)16(21)19-18-9-11-7-12(17)4-5-13(11)20/h3-9,20H,1-2H3,(H,19,21)/b18-9+. The third-order valence-corrected chi connectivity index (χ3v) is 3.24. The van der Waals surface area contributed by atoms with Gasteiger partial charge in [-0.3, -0.25) is 4.79 Å². The molecular weight excluding hydrogens is 320 g/mol. The molecule has 0 aliphatic carbocycles. The molecule has 7 heteroatoms. The monoisotopic (exact) mass is 334 g/mol. The number of hydrogen-bond acceptors (Lipinski definition) is 5. The first-order valence-electron chi connectivity index (χ1n) is 6.59. The number of halogens is 1. The van der Waals surface area contributed by atoms with Crippen LogP contribution < -0.4 is 14.9 Å². The second-order valence-electron chi connectivity index (χ2n) is 4.47. The lowest BCUT2D eigenvalue weighted by Crippen LogP contribution is -2.17. The van der Waals surface area contributed by atoms with E-state index in [0.29, 0.717) is 27.6 Å². The second-order valence-corrected chi connectivity index (χ2v) is 4.91. The molecule has 0 bridgehead atoms. The van der Waals surface area contributed by atoms with E-state index in [1.807, 2.05) is 0 Å². The third-order valence-electron chi connectivity index (χ3n) is 3.01. The number of nitrogens with zero attached hydrogens (tertiary/aromatic N) is 1. The van der Waals surface area contributed by atoms with E-state index >= 15 is 0 Å². The SMILES string of the molecule is COc1ccc(C(=O)N/N=C/c2cc(Cl)ccc2O)cc1OC. The van der Waals surface area contributed by atoms with Crippen LogP contribution in [0, 0.1) is 0 Å². The molecule has 2 N–H and O–H groups in total. The molecule has 0 aromatic heterocycles. The Bertz CT molecular complexity index is 747. The molecule has 0 unspecified atom stereocenters. The number of carbonyl (C=O) groups is 1. The molecule has 1 amide bonds. The highest BCUT2D eigenvalue weighted by Gasteiger charge is 2.10. The number of ether oxygens (including phenoxy) is 2. The number of amides is 1. The zero-order chi connectivity index (χ0) is 16.8. The van der Waals surface area contributed by atoms with E-state index < -0.39 is 5.91 Å². The first kappa shape index (κ1) is 16.6. The predicted octanol–water partition coefficient (Wildman–Crippen LogP) is 2.83. The molecule has 23 heavy (non-hydrogen) atoms. The van der Waals surface area contributed by atoms with Gasteiger partial charge in [0, 0.05) is 16.1 Å². The molecule has 2 aromatic rings. The van der Waals surface area contributed by atoms with Gasteiger partial charge < -0.3 is 14.6 Å². The van der Waals surface area contributed by atoms with E-state index in [0.717, 1.165) is 0 Å². The highest BCUT2D eigenvalue weighted by Crippen LogP contribution is 2.27. The summed E-state index contributed by atoms with van der Waals surface area (Å²) in [7, 11) is 3.00. The molecule has 0 saturated carbocycles. The first-order valence-corrected chi connectivity index (χ1v) is 6.97. The normalized spacial score (nSPS) is 10.6. The number of hydrogen-bond donors (Lipinski definition) is 2. The molecule has 2 rings (SSSR count). The van der Waals surface area contributed by atoms with Crippen LogP contribution in [-0.2, 0) is 0 Å². The average molecular weight is 335 g/mol. The summed E-state index contributed by atoms with van der Waals surface area (Å²) in [6.45, 7) is 0. The Balaban J connectivity index is 2.10. The largest absolute Gasteiger partial charge is 0.507 e. The van der Waals surface area contributed by atoms with Crippen molar-refractivity contribution in [2.24, 2.45) is 5.10 Å². The van der Waals surface area contributed by atoms with Gasteiger partial charge in [-0.2, -0.15) is 5.10 Å². The Labute approximate surface area is 138 Å². The van der Waals surface area contributed by atoms with Gasteiger partial charge in [0.15, 0.2) is 11.5 Å². The van der Waals surface area contributed by atoms with Crippen molar-refractivity contribution in [3.63, 3.8) is 0 Å². The summed E-state index contributed by atoms with van der Waals surface area (Å²) < 4.78 is 10.2. The molecule has 120 valence electrons. The molecule has 0 heterocycles. The molecule has 0 saturated heterocycles. The van der Waals surface area contributed by atoms with Crippen LogP contribution in [0.25, 0.3) is 0 Å². The Kier molecular flexibility index (Phi) is 5.43. The van der Waals surface area contributed by atoms with Gasteiger partial charge in [-0.05, 0) is 36.4 Å². The molecule has 0 spiro atoms. The van der Waals surface area contributed by atoms with Gasteiger partial charge in [-0.25, -0.2) is 5.43 Å². The molecule has 0 aliphatic rings. The summed E-state index contributed by atoms with van der Waals surface area (Å²) in [5.41, 5.74) is 3.11. The maximum Gasteiger partial charge on any atom is 0.271 e. The van der Waals surface area contributed by atoms with Crippen LogP contribution in [-0.4, -0.2) is 31.4 Å². The fraction of sp³-hybridized carbons (Fsp3) is 0.125. The van der Waals surface area contributed by atoms with Gasteiger partial charge >= 0.3 is 0 Å². The van der Waals surface area contributed by atoms with Gasteiger partial charge in [0.05, 0.1) is 20.4 Å².